The van der Waals surface area contributed by atoms with Crippen LogP contribution in [0.4, 0.5) is 0 Å². The topological polar surface area (TPSA) is 93.7 Å². The molecule has 4 rings (SSSR count). The Hall–Kier alpha value is -3.15. The first-order valence-corrected chi connectivity index (χ1v) is 12.7. The van der Waals surface area contributed by atoms with Crippen LogP contribution in [0.1, 0.15) is 60.6 Å². The van der Waals surface area contributed by atoms with E-state index >= 15 is 0 Å². The van der Waals surface area contributed by atoms with E-state index < -0.39 is 17.4 Å². The molecule has 37 heavy (non-hydrogen) atoms. The molecule has 7 nitrogen and oxygen atoms in total. The van der Waals surface area contributed by atoms with Crippen LogP contribution in [0.5, 0.6) is 0 Å². The van der Waals surface area contributed by atoms with E-state index in [0.717, 1.165) is 26.8 Å². The fraction of sp³-hybridized carbons (Fsp3) is 0.379. The average molecular weight is 525 g/mol. The van der Waals surface area contributed by atoms with Crippen molar-refractivity contribution in [3.05, 3.63) is 102 Å². The Kier molecular flexibility index (Phi) is 9.90. The van der Waals surface area contributed by atoms with Gasteiger partial charge in [-0.05, 0) is 41.3 Å². The van der Waals surface area contributed by atoms with E-state index in [1.54, 1.807) is 7.05 Å². The predicted octanol–water partition coefficient (Wildman–Crippen LogP) is 3.33. The minimum Gasteiger partial charge on any atom is -0.394 e. The fourth-order valence-electron chi connectivity index (χ4n) is 4.21. The molecule has 8 heteroatoms. The van der Waals surface area contributed by atoms with Gasteiger partial charge in [0, 0.05) is 43.7 Å². The molecule has 1 aliphatic heterocycles. The van der Waals surface area contributed by atoms with Crippen LogP contribution in [-0.4, -0.2) is 38.2 Å². The Morgan fingerprint density at radius 3 is 2.43 bits per heavy atom. The van der Waals surface area contributed by atoms with Gasteiger partial charge in [-0.25, -0.2) is 4.79 Å². The van der Waals surface area contributed by atoms with Crippen LogP contribution in [0.3, 0.4) is 0 Å². The van der Waals surface area contributed by atoms with Crippen LogP contribution in [0.2, 0.25) is 5.02 Å². The van der Waals surface area contributed by atoms with Gasteiger partial charge in [-0.2, -0.15) is 0 Å². The number of hydrogen-bond acceptors (Lipinski definition) is 5. The Morgan fingerprint density at radius 2 is 1.76 bits per heavy atom. The summed E-state index contributed by atoms with van der Waals surface area (Å²) in [5.41, 5.74) is 3.05. The molecule has 1 aliphatic rings. The molecule has 1 fully saturated rings. The number of aliphatic hydroxyl groups is 2. The highest BCUT2D eigenvalue weighted by Gasteiger charge is 2.29. The van der Waals surface area contributed by atoms with E-state index in [-0.39, 0.29) is 24.4 Å². The monoisotopic (exact) mass is 524 g/mol. The number of aryl methyl sites for hydroxylation is 1. The van der Waals surface area contributed by atoms with Gasteiger partial charge in [-0.1, -0.05) is 61.6 Å². The smallest absolute Gasteiger partial charge is 0.330 e. The summed E-state index contributed by atoms with van der Waals surface area (Å²) >= 11 is 6.46. The fourth-order valence-corrected chi connectivity index (χ4v) is 4.40. The maximum atomic E-state index is 12.2. The SMILES string of the molecule is CC.Cn1cc(C#Cc2ccc(Cc3cc([C@H]4C[C@@H](O)C[C@@H](CO)O4)ccc3Cl)cc2)c(=O)n(C)c1=O. The van der Waals surface area contributed by atoms with Crippen molar-refractivity contribution in [2.45, 2.75) is 51.4 Å². The van der Waals surface area contributed by atoms with Crippen LogP contribution in [0.15, 0.2) is 58.3 Å². The molecular weight excluding hydrogens is 492 g/mol. The number of aliphatic hydroxyl groups excluding tert-OH is 2. The molecule has 1 saturated heterocycles. The normalized spacial score (nSPS) is 18.8. The molecule has 0 bridgehead atoms. The first kappa shape index (κ1) is 28.4. The number of rotatable bonds is 4. The molecule has 0 saturated carbocycles. The molecule has 196 valence electrons. The van der Waals surface area contributed by atoms with Gasteiger partial charge < -0.3 is 19.5 Å². The molecule has 3 aromatic rings. The Balaban J connectivity index is 0.00000186. The van der Waals surface area contributed by atoms with E-state index in [1.807, 2.05) is 56.3 Å². The summed E-state index contributed by atoms with van der Waals surface area (Å²) in [5, 5.41) is 20.2. The maximum absolute atomic E-state index is 12.2. The third-order valence-corrected chi connectivity index (χ3v) is 6.53. The van der Waals surface area contributed by atoms with Crippen molar-refractivity contribution < 1.29 is 14.9 Å². The molecule has 2 N–H and O–H groups in total. The average Bonchev–Trinajstić information content (AvgIpc) is 2.91. The zero-order valence-corrected chi connectivity index (χ0v) is 22.3. The Bertz CT molecular complexity index is 1400. The highest BCUT2D eigenvalue weighted by atomic mass is 35.5. The van der Waals surface area contributed by atoms with Crippen molar-refractivity contribution >= 4 is 11.6 Å². The van der Waals surface area contributed by atoms with Crippen LogP contribution < -0.4 is 11.2 Å². The number of nitrogens with zero attached hydrogens (tertiary/aromatic N) is 2. The van der Waals surface area contributed by atoms with Crippen LogP contribution in [-0.2, 0) is 25.3 Å². The van der Waals surface area contributed by atoms with Crippen molar-refractivity contribution in [1.82, 2.24) is 9.13 Å². The van der Waals surface area contributed by atoms with Gasteiger partial charge in [-0.3, -0.25) is 9.36 Å². The van der Waals surface area contributed by atoms with Gasteiger partial charge in [0.15, 0.2) is 0 Å². The van der Waals surface area contributed by atoms with Crippen molar-refractivity contribution in [3.63, 3.8) is 0 Å². The van der Waals surface area contributed by atoms with Gasteiger partial charge in [-0.15, -0.1) is 0 Å². The summed E-state index contributed by atoms with van der Waals surface area (Å²) in [6, 6.07) is 13.4. The van der Waals surface area contributed by atoms with Gasteiger partial charge in [0.2, 0.25) is 0 Å². The highest BCUT2D eigenvalue weighted by Crippen LogP contribution is 2.33. The minimum absolute atomic E-state index is 0.125. The highest BCUT2D eigenvalue weighted by molar-refractivity contribution is 6.31. The molecule has 2 heterocycles. The molecule has 0 radical (unpaired) electrons. The number of halogens is 1. The largest absolute Gasteiger partial charge is 0.394 e. The molecule has 2 aromatic carbocycles. The summed E-state index contributed by atoms with van der Waals surface area (Å²) in [7, 11) is 3.01. The van der Waals surface area contributed by atoms with Gasteiger partial charge in [0.25, 0.3) is 5.56 Å². The number of benzene rings is 2. The first-order chi connectivity index (χ1) is 17.7. The quantitative estimate of drug-likeness (QED) is 0.511. The molecule has 3 atom stereocenters. The van der Waals surface area contributed by atoms with Crippen molar-refractivity contribution in [2.75, 3.05) is 6.61 Å². The lowest BCUT2D eigenvalue weighted by molar-refractivity contribution is -0.113. The van der Waals surface area contributed by atoms with Crippen molar-refractivity contribution in [1.29, 1.82) is 0 Å². The molecule has 0 amide bonds. The van der Waals surface area contributed by atoms with E-state index in [9.17, 15) is 19.8 Å². The lowest BCUT2D eigenvalue weighted by Gasteiger charge is -2.32. The minimum atomic E-state index is -0.514. The summed E-state index contributed by atoms with van der Waals surface area (Å²) < 4.78 is 8.30. The lowest BCUT2D eigenvalue weighted by atomic mass is 9.94. The van der Waals surface area contributed by atoms with E-state index in [2.05, 4.69) is 11.8 Å². The first-order valence-electron chi connectivity index (χ1n) is 12.4. The molecule has 0 unspecified atom stereocenters. The van der Waals surface area contributed by atoms with Crippen LogP contribution in [0.25, 0.3) is 0 Å². The zero-order valence-electron chi connectivity index (χ0n) is 21.6. The van der Waals surface area contributed by atoms with E-state index in [1.165, 1.54) is 17.8 Å². The Morgan fingerprint density at radius 1 is 1.05 bits per heavy atom. The predicted molar refractivity (Wildman–Crippen MR) is 145 cm³/mol. The molecule has 0 spiro atoms. The van der Waals surface area contributed by atoms with Crippen molar-refractivity contribution in [3.8, 4) is 11.8 Å². The summed E-state index contributed by atoms with van der Waals surface area (Å²) in [6.45, 7) is 3.88. The van der Waals surface area contributed by atoms with Gasteiger partial charge in [0.05, 0.1) is 24.9 Å². The lowest BCUT2D eigenvalue weighted by Crippen LogP contribution is -2.37. The standard InChI is InChI=1S/C27H27ClN2O5.C2H6/c1-29-15-20(26(33)30(2)27(29)34)8-7-17-3-5-18(6-4-17)11-21-12-19(9-10-24(21)28)25-14-22(32)13-23(16-31)35-25;1-2/h3-6,9-10,12,15,22-23,25,31-32H,11,13-14,16H2,1-2H3;1-2H3/t22-,23-,25+;/m0./s1. The second kappa shape index (κ2) is 12.9. The van der Waals surface area contributed by atoms with Gasteiger partial charge in [0.1, 0.15) is 5.56 Å². The number of ether oxygens (including phenoxy) is 1. The second-order valence-electron chi connectivity index (χ2n) is 8.83. The summed E-state index contributed by atoms with van der Waals surface area (Å²) in [4.78, 5) is 24.1. The molecule has 1 aromatic heterocycles. The van der Waals surface area contributed by atoms with E-state index in [4.69, 9.17) is 16.3 Å². The van der Waals surface area contributed by atoms with Crippen LogP contribution in [0, 0.1) is 11.8 Å². The Labute approximate surface area is 221 Å². The van der Waals surface area contributed by atoms with Crippen molar-refractivity contribution in [2.24, 2.45) is 14.1 Å². The zero-order chi connectivity index (χ0) is 27.1. The number of hydrogen-bond donors (Lipinski definition) is 2. The summed E-state index contributed by atoms with van der Waals surface area (Å²) in [6.07, 6.45) is 1.76. The third kappa shape index (κ3) is 7.00. The third-order valence-electron chi connectivity index (χ3n) is 6.16. The van der Waals surface area contributed by atoms with E-state index in [0.29, 0.717) is 24.3 Å². The molecule has 0 aliphatic carbocycles. The summed E-state index contributed by atoms with van der Waals surface area (Å²) in [5.74, 6) is 5.83. The second-order valence-corrected chi connectivity index (χ2v) is 9.24. The van der Waals surface area contributed by atoms with Crippen LogP contribution >= 0.6 is 11.6 Å². The van der Waals surface area contributed by atoms with Gasteiger partial charge >= 0.3 is 5.69 Å². The number of aromatic nitrogens is 2. The molecular formula is C29H33ClN2O5. The maximum Gasteiger partial charge on any atom is 0.330 e.